The summed E-state index contributed by atoms with van der Waals surface area (Å²) in [5, 5.41) is 10.9. The third kappa shape index (κ3) is 4.15. The number of carbonyl (C=O) groups excluding carboxylic acids is 1. The van der Waals surface area contributed by atoms with E-state index in [0.29, 0.717) is 13.1 Å². The van der Waals surface area contributed by atoms with Gasteiger partial charge in [-0.25, -0.2) is 0 Å². The zero-order valence-corrected chi connectivity index (χ0v) is 15.4. The molecule has 138 valence electrons. The van der Waals surface area contributed by atoms with E-state index in [1.54, 1.807) is 14.0 Å². The van der Waals surface area contributed by atoms with Gasteiger partial charge < -0.3 is 14.7 Å². The molecule has 1 aliphatic heterocycles. The number of hydrogen-bond acceptors (Lipinski definition) is 4. The Labute approximate surface area is 150 Å². The summed E-state index contributed by atoms with van der Waals surface area (Å²) in [6.07, 6.45) is 5.22. The molecule has 5 nitrogen and oxygen atoms in total. The summed E-state index contributed by atoms with van der Waals surface area (Å²) >= 11 is 0. The number of piperazine rings is 1. The van der Waals surface area contributed by atoms with Gasteiger partial charge in [-0.1, -0.05) is 37.5 Å². The smallest absolute Gasteiger partial charge is 0.220 e. The zero-order chi connectivity index (χ0) is 17.9. The van der Waals surface area contributed by atoms with E-state index in [4.69, 9.17) is 4.74 Å². The molecule has 1 saturated heterocycles. The summed E-state index contributed by atoms with van der Waals surface area (Å²) in [7, 11) is 1.67. The second kappa shape index (κ2) is 7.75. The first-order valence-corrected chi connectivity index (χ1v) is 9.37. The Morgan fingerprint density at radius 2 is 1.96 bits per heavy atom. The average molecular weight is 346 g/mol. The number of methoxy groups -OCH3 is 1. The van der Waals surface area contributed by atoms with Crippen molar-refractivity contribution in [2.45, 2.75) is 50.7 Å². The maximum atomic E-state index is 12.2. The molecule has 1 aromatic carbocycles. The monoisotopic (exact) mass is 346 g/mol. The van der Waals surface area contributed by atoms with E-state index in [-0.39, 0.29) is 11.9 Å². The summed E-state index contributed by atoms with van der Waals surface area (Å²) in [6.45, 7) is 4.57. The Morgan fingerprint density at radius 3 is 2.64 bits per heavy atom. The number of β-amino-alcohol motifs (C(OH)–C–C–N with tert-alkyl or cyclic N) is 1. The Morgan fingerprint density at radius 1 is 1.24 bits per heavy atom. The van der Waals surface area contributed by atoms with Crippen molar-refractivity contribution in [1.82, 2.24) is 9.80 Å². The Hall–Kier alpha value is -1.59. The number of carbonyl (C=O) groups is 1. The van der Waals surface area contributed by atoms with Crippen LogP contribution in [0.25, 0.3) is 0 Å². The topological polar surface area (TPSA) is 53.0 Å². The molecular weight excluding hydrogens is 316 g/mol. The summed E-state index contributed by atoms with van der Waals surface area (Å²) in [6, 6.07) is 7.89. The lowest BCUT2D eigenvalue weighted by Gasteiger charge is -2.45. The molecule has 1 heterocycles. The first-order valence-electron chi connectivity index (χ1n) is 9.37. The molecule has 1 N–H and O–H groups in total. The van der Waals surface area contributed by atoms with Crippen molar-refractivity contribution in [3.63, 3.8) is 0 Å². The van der Waals surface area contributed by atoms with Crippen molar-refractivity contribution in [3.8, 4) is 5.75 Å². The van der Waals surface area contributed by atoms with Gasteiger partial charge in [-0.15, -0.1) is 0 Å². The summed E-state index contributed by atoms with van der Waals surface area (Å²) in [5.74, 6) is 0.906. The van der Waals surface area contributed by atoms with E-state index in [1.165, 1.54) is 6.42 Å². The lowest BCUT2D eigenvalue weighted by Crippen LogP contribution is -2.54. The van der Waals surface area contributed by atoms with Gasteiger partial charge in [0.15, 0.2) is 0 Å². The molecule has 1 saturated carbocycles. The molecule has 0 aromatic heterocycles. The van der Waals surface area contributed by atoms with Crippen LogP contribution in [0.2, 0.25) is 0 Å². The standard InChI is InChI=1S/C20H30N2O3/c1-16(23)22-13-12-21(15-20(24)10-6-3-7-11-20)14-18(22)17-8-4-5-9-19(17)25-2/h4-5,8-9,18,24H,3,6-7,10-15H2,1-2H3/t18-/m1/s1. The van der Waals surface area contributed by atoms with Gasteiger partial charge in [0, 0.05) is 38.7 Å². The van der Waals surface area contributed by atoms with Crippen LogP contribution in [0.3, 0.4) is 0 Å². The fourth-order valence-electron chi connectivity index (χ4n) is 4.35. The Balaban J connectivity index is 1.79. The highest BCUT2D eigenvalue weighted by Crippen LogP contribution is 2.34. The highest BCUT2D eigenvalue weighted by Gasteiger charge is 2.36. The van der Waals surface area contributed by atoms with Gasteiger partial charge in [0.1, 0.15) is 5.75 Å². The number of hydrogen-bond donors (Lipinski definition) is 1. The number of para-hydroxylation sites is 1. The molecule has 3 rings (SSSR count). The van der Waals surface area contributed by atoms with Crippen LogP contribution in [0, 0.1) is 0 Å². The van der Waals surface area contributed by atoms with Gasteiger partial charge in [0.05, 0.1) is 18.8 Å². The molecule has 1 amide bonds. The SMILES string of the molecule is COc1ccccc1[C@H]1CN(CC2(O)CCCCC2)CCN1C(C)=O. The number of rotatable bonds is 4. The van der Waals surface area contributed by atoms with Gasteiger partial charge in [0.25, 0.3) is 0 Å². The van der Waals surface area contributed by atoms with Crippen LogP contribution < -0.4 is 4.74 Å². The van der Waals surface area contributed by atoms with Crippen molar-refractivity contribution >= 4 is 5.91 Å². The molecule has 1 aromatic rings. The number of nitrogens with zero attached hydrogens (tertiary/aromatic N) is 2. The van der Waals surface area contributed by atoms with E-state index in [1.807, 2.05) is 29.2 Å². The lowest BCUT2D eigenvalue weighted by molar-refractivity contribution is -0.135. The summed E-state index contributed by atoms with van der Waals surface area (Å²) in [5.41, 5.74) is 0.475. The van der Waals surface area contributed by atoms with Crippen LogP contribution in [0.1, 0.15) is 50.6 Å². The Kier molecular flexibility index (Phi) is 5.64. The van der Waals surface area contributed by atoms with Crippen molar-refractivity contribution in [1.29, 1.82) is 0 Å². The fraction of sp³-hybridized carbons (Fsp3) is 0.650. The third-order valence-electron chi connectivity index (χ3n) is 5.67. The van der Waals surface area contributed by atoms with E-state index >= 15 is 0 Å². The van der Waals surface area contributed by atoms with E-state index in [2.05, 4.69) is 4.90 Å². The molecule has 2 aliphatic rings. The van der Waals surface area contributed by atoms with Crippen LogP contribution >= 0.6 is 0 Å². The molecule has 2 fully saturated rings. The number of benzene rings is 1. The second-order valence-electron chi connectivity index (χ2n) is 7.49. The molecule has 0 bridgehead atoms. The molecule has 0 radical (unpaired) electrons. The highest BCUT2D eigenvalue weighted by atomic mass is 16.5. The molecule has 1 aliphatic carbocycles. The normalized spacial score (nSPS) is 24.1. The first kappa shape index (κ1) is 18.2. The van der Waals surface area contributed by atoms with Gasteiger partial charge >= 0.3 is 0 Å². The minimum atomic E-state index is -0.567. The molecule has 5 heteroatoms. The van der Waals surface area contributed by atoms with Gasteiger partial charge in [-0.3, -0.25) is 9.69 Å². The van der Waals surface area contributed by atoms with Crippen molar-refractivity contribution in [2.75, 3.05) is 33.3 Å². The van der Waals surface area contributed by atoms with Crippen LogP contribution in [0.15, 0.2) is 24.3 Å². The first-order chi connectivity index (χ1) is 12.0. The van der Waals surface area contributed by atoms with Crippen molar-refractivity contribution < 1.29 is 14.6 Å². The van der Waals surface area contributed by atoms with Gasteiger partial charge in [-0.05, 0) is 18.9 Å². The second-order valence-corrected chi connectivity index (χ2v) is 7.49. The molecule has 0 spiro atoms. The number of amides is 1. The minimum Gasteiger partial charge on any atom is -0.496 e. The largest absolute Gasteiger partial charge is 0.496 e. The van der Waals surface area contributed by atoms with Crippen LogP contribution in [0.4, 0.5) is 0 Å². The average Bonchev–Trinajstić information content (AvgIpc) is 2.61. The van der Waals surface area contributed by atoms with E-state index in [9.17, 15) is 9.90 Å². The van der Waals surface area contributed by atoms with Gasteiger partial charge in [-0.2, -0.15) is 0 Å². The van der Waals surface area contributed by atoms with Crippen LogP contribution in [0.5, 0.6) is 5.75 Å². The number of ether oxygens (including phenoxy) is 1. The quantitative estimate of drug-likeness (QED) is 0.910. The summed E-state index contributed by atoms with van der Waals surface area (Å²) in [4.78, 5) is 16.4. The predicted octanol–water partition coefficient (Wildman–Crippen LogP) is 2.60. The van der Waals surface area contributed by atoms with E-state index < -0.39 is 5.60 Å². The predicted molar refractivity (Wildman–Crippen MR) is 97.6 cm³/mol. The lowest BCUT2D eigenvalue weighted by atomic mass is 9.84. The van der Waals surface area contributed by atoms with Crippen LogP contribution in [-0.4, -0.2) is 59.7 Å². The fourth-order valence-corrected chi connectivity index (χ4v) is 4.35. The zero-order valence-electron chi connectivity index (χ0n) is 15.4. The van der Waals surface area contributed by atoms with E-state index in [0.717, 1.165) is 50.1 Å². The van der Waals surface area contributed by atoms with Crippen molar-refractivity contribution in [3.05, 3.63) is 29.8 Å². The van der Waals surface area contributed by atoms with Crippen molar-refractivity contribution in [2.24, 2.45) is 0 Å². The van der Waals surface area contributed by atoms with Gasteiger partial charge in [0.2, 0.25) is 5.91 Å². The number of aliphatic hydroxyl groups is 1. The molecule has 25 heavy (non-hydrogen) atoms. The minimum absolute atomic E-state index is 0.0328. The maximum absolute atomic E-state index is 12.2. The van der Waals surface area contributed by atoms with Crippen LogP contribution in [-0.2, 0) is 4.79 Å². The molecule has 0 unspecified atom stereocenters. The molecule has 1 atom stereocenters. The summed E-state index contributed by atoms with van der Waals surface area (Å²) < 4.78 is 5.53. The Bertz CT molecular complexity index is 598. The third-order valence-corrected chi connectivity index (χ3v) is 5.67. The highest BCUT2D eigenvalue weighted by molar-refractivity contribution is 5.74. The molecular formula is C20H30N2O3. The maximum Gasteiger partial charge on any atom is 0.220 e.